The largest absolute Gasteiger partial charge is 0.492 e. The molecule has 2 amide bonds. The predicted octanol–water partition coefficient (Wildman–Crippen LogP) is 0.222. The molecule has 1 aliphatic carbocycles. The Kier molecular flexibility index (Phi) is 10.3. The number of rotatable bonds is 14. The summed E-state index contributed by atoms with van der Waals surface area (Å²) in [4.78, 5) is 41.4. The first-order chi connectivity index (χ1) is 19.0. The van der Waals surface area contributed by atoms with Crippen molar-refractivity contribution in [3.63, 3.8) is 0 Å². The molecule has 40 heavy (non-hydrogen) atoms. The van der Waals surface area contributed by atoms with Gasteiger partial charge in [-0.05, 0) is 37.2 Å². The van der Waals surface area contributed by atoms with E-state index in [-0.39, 0.29) is 18.4 Å². The molecule has 0 bridgehead atoms. The average molecular weight is 566 g/mol. The van der Waals surface area contributed by atoms with Crippen LogP contribution in [0.5, 0.6) is 17.2 Å². The molecule has 2 aliphatic rings. The topological polar surface area (TPSA) is 159 Å². The van der Waals surface area contributed by atoms with Crippen LogP contribution in [0.25, 0.3) is 0 Å². The van der Waals surface area contributed by atoms with Gasteiger partial charge in [0, 0.05) is 25.6 Å². The zero-order valence-corrected chi connectivity index (χ0v) is 24.5. The fourth-order valence-electron chi connectivity index (χ4n) is 5.38. The number of Topliss-reactive ketones (excluding diaryl/α,β-unsaturated/α-hetero) is 1. The number of carbonyl (C=O) groups is 3. The molecule has 3 unspecified atom stereocenters. The van der Waals surface area contributed by atoms with Gasteiger partial charge in [0.25, 0.3) is 0 Å². The maximum absolute atomic E-state index is 13.4. The number of ketones is 1. The highest BCUT2D eigenvalue weighted by Gasteiger charge is 2.54. The molecular weight excluding hydrogens is 522 g/mol. The van der Waals surface area contributed by atoms with Crippen molar-refractivity contribution >= 4 is 23.3 Å². The summed E-state index contributed by atoms with van der Waals surface area (Å²) in [5.74, 6) is -0.362. The van der Waals surface area contributed by atoms with E-state index in [9.17, 15) is 24.6 Å². The molecule has 0 spiro atoms. The van der Waals surface area contributed by atoms with Crippen LogP contribution in [-0.2, 0) is 32.0 Å². The van der Waals surface area contributed by atoms with Crippen molar-refractivity contribution in [2.24, 2.45) is 11.8 Å². The number of aliphatic hydroxyl groups excluding tert-OH is 2. The number of carbonyl (C=O) groups excluding carboxylic acids is 3. The Balaban J connectivity index is 1.80. The second kappa shape index (κ2) is 13.0. The number of nitrogens with one attached hydrogen (secondary N) is 2. The fraction of sp³-hybridized carbons (Fsp3) is 0.679. The lowest BCUT2D eigenvalue weighted by atomic mass is 9.81. The van der Waals surface area contributed by atoms with Gasteiger partial charge in [0.2, 0.25) is 17.6 Å². The Bertz CT molecular complexity index is 1100. The minimum Gasteiger partial charge on any atom is -0.492 e. The Morgan fingerprint density at radius 2 is 1.62 bits per heavy atom. The molecule has 0 aromatic heterocycles. The Hall–Kier alpha value is -3.09. The van der Waals surface area contributed by atoms with Crippen LogP contribution in [0.2, 0.25) is 0 Å². The lowest BCUT2D eigenvalue weighted by molar-refractivity contribution is -0.135. The van der Waals surface area contributed by atoms with Gasteiger partial charge in [0.05, 0.1) is 52.9 Å². The second-order valence-corrected chi connectivity index (χ2v) is 11.0. The summed E-state index contributed by atoms with van der Waals surface area (Å²) < 4.78 is 22.2. The second-order valence-electron chi connectivity index (χ2n) is 11.0. The number of hydrogen-bond acceptors (Lipinski definition) is 10. The van der Waals surface area contributed by atoms with Gasteiger partial charge >= 0.3 is 0 Å². The van der Waals surface area contributed by atoms with Crippen LogP contribution in [0, 0.1) is 11.8 Å². The first-order valence-electron chi connectivity index (χ1n) is 13.5. The van der Waals surface area contributed by atoms with Crippen LogP contribution in [0.15, 0.2) is 0 Å². The van der Waals surface area contributed by atoms with Gasteiger partial charge < -0.3 is 44.7 Å². The number of amides is 2. The van der Waals surface area contributed by atoms with E-state index in [0.717, 1.165) is 16.8 Å². The molecule has 1 fully saturated rings. The summed E-state index contributed by atoms with van der Waals surface area (Å²) in [5.41, 5.74) is 1.30. The monoisotopic (exact) mass is 565 g/mol. The molecule has 3 rings (SSSR count). The highest BCUT2D eigenvalue weighted by molar-refractivity contribution is 5.98. The summed E-state index contributed by atoms with van der Waals surface area (Å²) in [7, 11) is 8.41. The van der Waals surface area contributed by atoms with E-state index in [2.05, 4.69) is 10.6 Å². The third kappa shape index (κ3) is 6.29. The number of fused-ring (bicyclic) bond motifs is 1. The maximum Gasteiger partial charge on any atom is 0.245 e. The number of nitrogens with zero attached hydrogens (tertiary/aromatic N) is 1. The molecular formula is C28H43N3O9. The highest BCUT2D eigenvalue weighted by atomic mass is 16.6. The minimum absolute atomic E-state index is 0.0618. The summed E-state index contributed by atoms with van der Waals surface area (Å²) in [6, 6.07) is -2.18. The van der Waals surface area contributed by atoms with Crippen molar-refractivity contribution in [3.05, 3.63) is 11.1 Å². The van der Waals surface area contributed by atoms with Crippen LogP contribution in [0.4, 0.5) is 5.69 Å². The third-order valence-corrected chi connectivity index (χ3v) is 7.53. The quantitative estimate of drug-likeness (QED) is 0.230. The summed E-state index contributed by atoms with van der Waals surface area (Å²) in [5, 5.41) is 24.9. The van der Waals surface area contributed by atoms with Crippen molar-refractivity contribution < 1.29 is 43.5 Å². The lowest BCUT2D eigenvalue weighted by Crippen LogP contribution is -2.56. The number of anilines is 1. The Labute approximate surface area is 235 Å². The van der Waals surface area contributed by atoms with E-state index in [1.54, 1.807) is 21.3 Å². The molecule has 4 atom stereocenters. The van der Waals surface area contributed by atoms with Gasteiger partial charge in [-0.2, -0.15) is 0 Å². The van der Waals surface area contributed by atoms with Crippen molar-refractivity contribution in [1.29, 1.82) is 0 Å². The van der Waals surface area contributed by atoms with Crippen LogP contribution >= 0.6 is 0 Å². The third-order valence-electron chi connectivity index (χ3n) is 7.53. The van der Waals surface area contributed by atoms with E-state index in [4.69, 9.17) is 18.9 Å². The van der Waals surface area contributed by atoms with Crippen LogP contribution in [0.3, 0.4) is 0 Å². The van der Waals surface area contributed by atoms with Crippen molar-refractivity contribution in [2.75, 3.05) is 60.1 Å². The van der Waals surface area contributed by atoms with E-state index >= 15 is 0 Å². The SMILES string of the molecule is COc1c2c(c(N(C)C)c(OC)c1OC)CC(C(=O)N[C@@H](CO)C(=O)NC(CC(C)C)C(=O)C1(CO)CO1)CC2. The first-order valence-corrected chi connectivity index (χ1v) is 13.5. The summed E-state index contributed by atoms with van der Waals surface area (Å²) in [6.45, 7) is 2.77. The average Bonchev–Trinajstić information content (AvgIpc) is 3.74. The van der Waals surface area contributed by atoms with Crippen LogP contribution in [0.1, 0.15) is 37.8 Å². The number of epoxide rings is 1. The molecule has 12 heteroatoms. The molecule has 1 aromatic carbocycles. The predicted molar refractivity (Wildman–Crippen MR) is 147 cm³/mol. The normalized spacial score (nSPS) is 21.1. The minimum atomic E-state index is -1.30. The summed E-state index contributed by atoms with van der Waals surface area (Å²) >= 11 is 0. The zero-order valence-electron chi connectivity index (χ0n) is 24.5. The van der Waals surface area contributed by atoms with Gasteiger partial charge in [-0.3, -0.25) is 14.4 Å². The molecule has 1 aromatic rings. The molecule has 12 nitrogen and oxygen atoms in total. The fourth-order valence-corrected chi connectivity index (χ4v) is 5.38. The van der Waals surface area contributed by atoms with E-state index in [1.165, 1.54) is 0 Å². The van der Waals surface area contributed by atoms with Crippen LogP contribution < -0.4 is 29.7 Å². The molecule has 4 N–H and O–H groups in total. The van der Waals surface area contributed by atoms with Gasteiger partial charge in [-0.15, -0.1) is 0 Å². The number of benzene rings is 1. The molecule has 0 radical (unpaired) electrons. The molecule has 1 saturated heterocycles. The smallest absolute Gasteiger partial charge is 0.245 e. The van der Waals surface area contributed by atoms with Crippen LogP contribution in [-0.4, -0.2) is 101 Å². The standard InChI is InChI=1S/C28H43N3O9/c1-15(2)10-19(25(34)28(13-33)14-40-28)29-27(36)20(12-32)30-26(35)16-8-9-17-18(11-16)21(31(3)4)23(38-6)24(39-7)22(17)37-5/h15-16,19-20,32-33H,8-14H2,1-7H3,(H,29,36)(H,30,35)/t16?,19?,20-,28?/m0/s1. The number of aliphatic hydroxyl groups is 2. The van der Waals surface area contributed by atoms with Gasteiger partial charge in [-0.1, -0.05) is 13.8 Å². The summed E-state index contributed by atoms with van der Waals surface area (Å²) in [6.07, 6.45) is 1.70. The number of ether oxygens (including phenoxy) is 4. The number of methoxy groups -OCH3 is 3. The van der Waals surface area contributed by atoms with Gasteiger partial charge in [-0.25, -0.2) is 0 Å². The van der Waals surface area contributed by atoms with E-state index < -0.39 is 48.5 Å². The Morgan fingerprint density at radius 3 is 2.10 bits per heavy atom. The first kappa shape index (κ1) is 31.4. The molecule has 0 saturated carbocycles. The van der Waals surface area contributed by atoms with E-state index in [0.29, 0.717) is 42.9 Å². The maximum atomic E-state index is 13.4. The Morgan fingerprint density at radius 1 is 1.00 bits per heavy atom. The van der Waals surface area contributed by atoms with Crippen molar-refractivity contribution in [3.8, 4) is 17.2 Å². The molecule has 224 valence electrons. The van der Waals surface area contributed by atoms with E-state index in [1.807, 2.05) is 32.8 Å². The molecule has 1 aliphatic heterocycles. The van der Waals surface area contributed by atoms with Gasteiger partial charge in [0.1, 0.15) is 6.04 Å². The van der Waals surface area contributed by atoms with Crippen molar-refractivity contribution in [1.82, 2.24) is 10.6 Å². The highest BCUT2D eigenvalue weighted by Crippen LogP contribution is 2.51. The van der Waals surface area contributed by atoms with Gasteiger partial charge in [0.15, 0.2) is 22.9 Å². The van der Waals surface area contributed by atoms with Crippen molar-refractivity contribution in [2.45, 2.75) is 57.2 Å². The molecule has 1 heterocycles. The lowest BCUT2D eigenvalue weighted by Gasteiger charge is -2.32. The zero-order chi connectivity index (χ0) is 29.8. The number of hydrogen-bond donors (Lipinski definition) is 4.